The molecule has 0 radical (unpaired) electrons. The summed E-state index contributed by atoms with van der Waals surface area (Å²) in [5, 5.41) is 5.41. The number of benzene rings is 1. The highest BCUT2D eigenvalue weighted by Gasteiger charge is 2.16. The molecule has 2 nitrogen and oxygen atoms in total. The molecule has 0 saturated carbocycles. The van der Waals surface area contributed by atoms with Gasteiger partial charge in [-0.3, -0.25) is 4.98 Å². The van der Waals surface area contributed by atoms with Crippen LogP contribution in [0.25, 0.3) is 10.9 Å². The molecular weight excluding hydrogens is 252 g/mol. The molecule has 1 aliphatic heterocycles. The van der Waals surface area contributed by atoms with Crippen LogP contribution in [0.3, 0.4) is 0 Å². The van der Waals surface area contributed by atoms with E-state index in [0.717, 1.165) is 21.6 Å². The molecule has 0 amide bonds. The van der Waals surface area contributed by atoms with E-state index in [1.54, 1.807) is 0 Å². The molecule has 4 heteroatoms. The number of pyridine rings is 1. The summed E-state index contributed by atoms with van der Waals surface area (Å²) < 4.78 is 0. The normalized spacial score (nSPS) is 19.7. The first-order valence-electron chi connectivity index (χ1n) is 5.71. The van der Waals surface area contributed by atoms with Crippen molar-refractivity contribution in [2.24, 2.45) is 0 Å². The number of aromatic nitrogens is 1. The van der Waals surface area contributed by atoms with E-state index in [-0.39, 0.29) is 0 Å². The molecule has 2 heterocycles. The Morgan fingerprint density at radius 1 is 1.41 bits per heavy atom. The van der Waals surface area contributed by atoms with Crippen LogP contribution in [0.2, 0.25) is 5.02 Å². The van der Waals surface area contributed by atoms with Crippen molar-refractivity contribution in [3.05, 3.63) is 35.5 Å². The number of nitrogens with zero attached hydrogens (tertiary/aromatic N) is 1. The monoisotopic (exact) mass is 264 g/mol. The van der Waals surface area contributed by atoms with Crippen LogP contribution >= 0.6 is 23.4 Å². The predicted octanol–water partition coefficient (Wildman–Crippen LogP) is 3.81. The van der Waals surface area contributed by atoms with Gasteiger partial charge in [0.1, 0.15) is 0 Å². The number of thioether (sulfide) groups is 1. The third kappa shape index (κ3) is 2.35. The van der Waals surface area contributed by atoms with E-state index in [4.69, 9.17) is 11.6 Å². The molecule has 1 aliphatic rings. The molecule has 0 bridgehead atoms. The van der Waals surface area contributed by atoms with Crippen LogP contribution in [0, 0.1) is 0 Å². The third-order valence-corrected chi connectivity index (χ3v) is 4.34. The number of anilines is 1. The van der Waals surface area contributed by atoms with E-state index < -0.39 is 0 Å². The molecule has 88 valence electrons. The zero-order chi connectivity index (χ0) is 11.7. The van der Waals surface area contributed by atoms with E-state index in [1.165, 1.54) is 17.9 Å². The minimum Gasteiger partial charge on any atom is -0.380 e. The van der Waals surface area contributed by atoms with Gasteiger partial charge in [0.2, 0.25) is 0 Å². The van der Waals surface area contributed by atoms with E-state index in [9.17, 15) is 0 Å². The summed E-state index contributed by atoms with van der Waals surface area (Å²) in [7, 11) is 0. The van der Waals surface area contributed by atoms with Gasteiger partial charge in [-0.05, 0) is 30.4 Å². The maximum absolute atomic E-state index is 6.14. The van der Waals surface area contributed by atoms with E-state index in [0.29, 0.717) is 6.04 Å². The second-order valence-corrected chi connectivity index (χ2v) is 5.82. The number of hydrogen-bond acceptors (Lipinski definition) is 3. The van der Waals surface area contributed by atoms with Crippen molar-refractivity contribution in [1.29, 1.82) is 0 Å². The number of nitrogens with one attached hydrogen (secondary N) is 1. The lowest BCUT2D eigenvalue weighted by atomic mass is 10.1. The van der Waals surface area contributed by atoms with Gasteiger partial charge in [0, 0.05) is 28.4 Å². The summed E-state index contributed by atoms with van der Waals surface area (Å²) in [5.74, 6) is 2.41. The molecule has 1 aromatic heterocycles. The second kappa shape index (κ2) is 4.75. The Hall–Kier alpha value is -0.930. The predicted molar refractivity (Wildman–Crippen MR) is 76.1 cm³/mol. The molecule has 1 unspecified atom stereocenters. The summed E-state index contributed by atoms with van der Waals surface area (Å²) in [6.07, 6.45) is 3.04. The lowest BCUT2D eigenvalue weighted by Gasteiger charge is -2.14. The number of fused-ring (bicyclic) bond motifs is 1. The van der Waals surface area contributed by atoms with Crippen LogP contribution in [0.15, 0.2) is 30.5 Å². The summed E-state index contributed by atoms with van der Waals surface area (Å²) in [4.78, 5) is 4.44. The largest absolute Gasteiger partial charge is 0.380 e. The smallest absolute Gasteiger partial charge is 0.0934 e. The molecular formula is C13H13ClN2S. The van der Waals surface area contributed by atoms with Gasteiger partial charge in [0.15, 0.2) is 0 Å². The van der Waals surface area contributed by atoms with Gasteiger partial charge in [-0.15, -0.1) is 0 Å². The second-order valence-electron chi connectivity index (χ2n) is 4.23. The highest BCUT2D eigenvalue weighted by atomic mass is 35.5. The van der Waals surface area contributed by atoms with Gasteiger partial charge in [-0.1, -0.05) is 17.7 Å². The van der Waals surface area contributed by atoms with Gasteiger partial charge in [-0.2, -0.15) is 11.8 Å². The molecule has 1 N–H and O–H groups in total. The Balaban J connectivity index is 2.01. The molecule has 17 heavy (non-hydrogen) atoms. The fourth-order valence-corrected chi connectivity index (χ4v) is 3.51. The maximum atomic E-state index is 6.14. The Morgan fingerprint density at radius 3 is 3.18 bits per heavy atom. The highest BCUT2D eigenvalue weighted by Crippen LogP contribution is 2.29. The SMILES string of the molecule is Clc1cc(NC2CCSC2)c2ncccc2c1. The lowest BCUT2D eigenvalue weighted by Crippen LogP contribution is -2.18. The van der Waals surface area contributed by atoms with Crippen molar-refractivity contribution in [3.8, 4) is 0 Å². The first-order valence-corrected chi connectivity index (χ1v) is 7.25. The Morgan fingerprint density at radius 2 is 2.35 bits per heavy atom. The van der Waals surface area contributed by atoms with Crippen LogP contribution in [-0.4, -0.2) is 22.5 Å². The van der Waals surface area contributed by atoms with Crippen LogP contribution in [0.1, 0.15) is 6.42 Å². The van der Waals surface area contributed by atoms with E-state index >= 15 is 0 Å². The van der Waals surface area contributed by atoms with Gasteiger partial charge >= 0.3 is 0 Å². The standard InChI is InChI=1S/C13H13ClN2S/c14-10-6-9-2-1-4-15-13(9)12(7-10)16-11-3-5-17-8-11/h1-2,4,6-7,11,16H,3,5,8H2. The minimum absolute atomic E-state index is 0.545. The number of halogens is 1. The van der Waals surface area contributed by atoms with Crippen molar-refractivity contribution < 1.29 is 0 Å². The Labute approximate surface area is 110 Å². The Kier molecular flexibility index (Phi) is 3.12. The summed E-state index contributed by atoms with van der Waals surface area (Å²) in [6, 6.07) is 8.46. The minimum atomic E-state index is 0.545. The van der Waals surface area contributed by atoms with Gasteiger partial charge < -0.3 is 5.32 Å². The average Bonchev–Trinajstić information content (AvgIpc) is 2.81. The fraction of sp³-hybridized carbons (Fsp3) is 0.308. The molecule has 0 aliphatic carbocycles. The summed E-state index contributed by atoms with van der Waals surface area (Å²) in [5.41, 5.74) is 2.06. The molecule has 1 saturated heterocycles. The zero-order valence-electron chi connectivity index (χ0n) is 9.32. The van der Waals surface area contributed by atoms with E-state index in [1.807, 2.05) is 42.2 Å². The number of rotatable bonds is 2. The number of hydrogen-bond donors (Lipinski definition) is 1. The maximum Gasteiger partial charge on any atom is 0.0934 e. The van der Waals surface area contributed by atoms with Gasteiger partial charge in [0.05, 0.1) is 11.2 Å². The first-order chi connectivity index (χ1) is 8.33. The molecule has 1 fully saturated rings. The van der Waals surface area contributed by atoms with Crippen LogP contribution in [-0.2, 0) is 0 Å². The fourth-order valence-electron chi connectivity index (χ4n) is 2.13. The van der Waals surface area contributed by atoms with Crippen LogP contribution < -0.4 is 5.32 Å². The molecule has 0 spiro atoms. The molecule has 1 atom stereocenters. The topological polar surface area (TPSA) is 24.9 Å². The van der Waals surface area contributed by atoms with Crippen LogP contribution in [0.5, 0.6) is 0 Å². The molecule has 3 rings (SSSR count). The van der Waals surface area contributed by atoms with Crippen molar-refractivity contribution >= 4 is 40.0 Å². The van der Waals surface area contributed by atoms with Crippen molar-refractivity contribution in [2.75, 3.05) is 16.8 Å². The third-order valence-electron chi connectivity index (χ3n) is 2.96. The van der Waals surface area contributed by atoms with Gasteiger partial charge in [0.25, 0.3) is 0 Å². The average molecular weight is 265 g/mol. The lowest BCUT2D eigenvalue weighted by molar-refractivity contribution is 0.814. The Bertz CT molecular complexity index is 538. The summed E-state index contributed by atoms with van der Waals surface area (Å²) >= 11 is 8.13. The highest BCUT2D eigenvalue weighted by molar-refractivity contribution is 7.99. The van der Waals surface area contributed by atoms with Crippen LogP contribution in [0.4, 0.5) is 5.69 Å². The zero-order valence-corrected chi connectivity index (χ0v) is 10.9. The quantitative estimate of drug-likeness (QED) is 0.893. The summed E-state index contributed by atoms with van der Waals surface area (Å²) in [6.45, 7) is 0. The first kappa shape index (κ1) is 11.2. The molecule has 1 aromatic carbocycles. The van der Waals surface area contributed by atoms with Crippen molar-refractivity contribution in [3.63, 3.8) is 0 Å². The van der Waals surface area contributed by atoms with Gasteiger partial charge in [-0.25, -0.2) is 0 Å². The van der Waals surface area contributed by atoms with E-state index in [2.05, 4.69) is 10.3 Å². The van der Waals surface area contributed by atoms with Crippen molar-refractivity contribution in [2.45, 2.75) is 12.5 Å². The molecule has 2 aromatic rings. The van der Waals surface area contributed by atoms with Crippen molar-refractivity contribution in [1.82, 2.24) is 4.98 Å².